The number of aliphatic imine (C=N–C) groups is 1. The number of aryl methyl sites for hydroxylation is 1. The van der Waals surface area contributed by atoms with Crippen LogP contribution in [0.4, 0.5) is 5.95 Å². The molecule has 0 bridgehead atoms. The number of methoxy groups -OCH3 is 1. The van der Waals surface area contributed by atoms with Crippen molar-refractivity contribution in [3.8, 4) is 6.01 Å². The van der Waals surface area contributed by atoms with Gasteiger partial charge < -0.3 is 10.5 Å². The SMILES string of the molecule is COc1nc(C)nc(N=C(N)N(OC)C(=O)C(Cl)Cl)n1. The number of ether oxygens (including phenoxy) is 1. The molecule has 2 N–H and O–H groups in total. The molecule has 0 radical (unpaired) electrons. The Balaban J connectivity index is 3.08. The summed E-state index contributed by atoms with van der Waals surface area (Å²) in [6.45, 7) is 1.62. The number of hydroxylamine groups is 2. The number of carbonyl (C=O) groups excluding carboxylic acids is 1. The van der Waals surface area contributed by atoms with Crippen LogP contribution in [0.3, 0.4) is 0 Å². The summed E-state index contributed by atoms with van der Waals surface area (Å²) in [5, 5.41) is 0.621. The van der Waals surface area contributed by atoms with Gasteiger partial charge in [0.1, 0.15) is 5.82 Å². The first-order valence-corrected chi connectivity index (χ1v) is 6.03. The van der Waals surface area contributed by atoms with Crippen molar-refractivity contribution >= 4 is 41.0 Å². The van der Waals surface area contributed by atoms with Crippen LogP contribution in [0.1, 0.15) is 5.82 Å². The van der Waals surface area contributed by atoms with E-state index in [-0.39, 0.29) is 17.9 Å². The number of guanidine groups is 1. The van der Waals surface area contributed by atoms with E-state index in [4.69, 9.17) is 38.5 Å². The van der Waals surface area contributed by atoms with Crippen molar-refractivity contribution in [2.45, 2.75) is 11.8 Å². The summed E-state index contributed by atoms with van der Waals surface area (Å²) in [7, 11) is 2.60. The number of aromatic nitrogens is 3. The summed E-state index contributed by atoms with van der Waals surface area (Å²) in [5.41, 5.74) is 5.61. The predicted octanol–water partition coefficient (Wildman–Crippen LogP) is 0.329. The van der Waals surface area contributed by atoms with Gasteiger partial charge in [-0.25, -0.2) is 0 Å². The third-order valence-corrected chi connectivity index (χ3v) is 2.26. The van der Waals surface area contributed by atoms with Crippen LogP contribution < -0.4 is 10.5 Å². The van der Waals surface area contributed by atoms with Crippen molar-refractivity contribution in [3.63, 3.8) is 0 Å². The Morgan fingerprint density at radius 1 is 1.35 bits per heavy atom. The number of nitrogens with two attached hydrogens (primary N) is 1. The van der Waals surface area contributed by atoms with E-state index in [1.54, 1.807) is 6.92 Å². The van der Waals surface area contributed by atoms with E-state index < -0.39 is 10.7 Å². The van der Waals surface area contributed by atoms with Crippen LogP contribution in [-0.2, 0) is 9.63 Å². The Kier molecular flexibility index (Phi) is 5.86. The molecule has 1 rings (SSSR count). The molecular formula is C9H12Cl2N6O3. The van der Waals surface area contributed by atoms with Crippen molar-refractivity contribution in [2.75, 3.05) is 14.2 Å². The highest BCUT2D eigenvalue weighted by Crippen LogP contribution is 2.12. The van der Waals surface area contributed by atoms with E-state index in [2.05, 4.69) is 19.9 Å². The summed E-state index contributed by atoms with van der Waals surface area (Å²) >= 11 is 10.9. The summed E-state index contributed by atoms with van der Waals surface area (Å²) in [6.07, 6.45) is 0. The van der Waals surface area contributed by atoms with Gasteiger partial charge in [-0.15, -0.1) is 0 Å². The number of alkyl halides is 2. The molecule has 1 amide bonds. The molecule has 110 valence electrons. The molecule has 0 saturated carbocycles. The second kappa shape index (κ2) is 7.17. The van der Waals surface area contributed by atoms with Crippen LogP contribution in [-0.4, -0.2) is 50.9 Å². The zero-order valence-electron chi connectivity index (χ0n) is 10.9. The van der Waals surface area contributed by atoms with Crippen LogP contribution >= 0.6 is 23.2 Å². The normalized spacial score (nSPS) is 11.6. The highest BCUT2D eigenvalue weighted by Gasteiger charge is 2.24. The lowest BCUT2D eigenvalue weighted by Gasteiger charge is -2.18. The van der Waals surface area contributed by atoms with Gasteiger partial charge in [0.05, 0.1) is 14.2 Å². The number of amides is 1. The molecule has 0 atom stereocenters. The lowest BCUT2D eigenvalue weighted by molar-refractivity contribution is -0.154. The second-order valence-electron chi connectivity index (χ2n) is 3.26. The Bertz CT molecular complexity index is 524. The standard InChI is InChI=1S/C9H12Cl2N6O3/c1-4-13-8(16-9(14-4)19-2)15-7(12)17(20-3)6(18)5(10)11/h5H,1-3H3,(H2,12,13,14,15,16). The Hall–Kier alpha value is -1.71. The lowest BCUT2D eigenvalue weighted by atomic mass is 10.6. The zero-order valence-corrected chi connectivity index (χ0v) is 12.4. The minimum absolute atomic E-state index is 0.0533. The Labute approximate surface area is 124 Å². The van der Waals surface area contributed by atoms with Gasteiger partial charge in [0, 0.05) is 0 Å². The zero-order chi connectivity index (χ0) is 15.3. The molecule has 0 aromatic carbocycles. The summed E-state index contributed by atoms with van der Waals surface area (Å²) in [5.74, 6) is -0.820. The number of hydrogen-bond acceptors (Lipinski definition) is 7. The van der Waals surface area contributed by atoms with Crippen LogP contribution in [0.2, 0.25) is 0 Å². The average molecular weight is 323 g/mol. The summed E-state index contributed by atoms with van der Waals surface area (Å²) < 4.78 is 4.86. The largest absolute Gasteiger partial charge is 0.467 e. The predicted molar refractivity (Wildman–Crippen MR) is 71.7 cm³/mol. The average Bonchev–Trinajstić information content (AvgIpc) is 2.38. The van der Waals surface area contributed by atoms with E-state index in [1.165, 1.54) is 14.2 Å². The fraction of sp³-hybridized carbons (Fsp3) is 0.444. The first kappa shape index (κ1) is 16.3. The van der Waals surface area contributed by atoms with Crippen LogP contribution in [0.15, 0.2) is 4.99 Å². The van der Waals surface area contributed by atoms with E-state index in [0.29, 0.717) is 10.9 Å². The third-order valence-electron chi connectivity index (χ3n) is 1.89. The topological polar surface area (TPSA) is 116 Å². The maximum absolute atomic E-state index is 11.6. The van der Waals surface area contributed by atoms with Gasteiger partial charge in [0.2, 0.25) is 5.96 Å². The quantitative estimate of drug-likeness (QED) is 0.367. The Morgan fingerprint density at radius 3 is 2.50 bits per heavy atom. The maximum atomic E-state index is 11.6. The first-order valence-electron chi connectivity index (χ1n) is 5.16. The smallest absolute Gasteiger partial charge is 0.321 e. The fourth-order valence-electron chi connectivity index (χ4n) is 1.12. The van der Waals surface area contributed by atoms with E-state index in [9.17, 15) is 4.79 Å². The first-order chi connectivity index (χ1) is 9.38. The van der Waals surface area contributed by atoms with E-state index in [1.807, 2.05) is 0 Å². The molecule has 20 heavy (non-hydrogen) atoms. The molecule has 0 spiro atoms. The van der Waals surface area contributed by atoms with Gasteiger partial charge in [0.15, 0.2) is 4.84 Å². The molecule has 0 saturated heterocycles. The molecule has 1 heterocycles. The van der Waals surface area contributed by atoms with E-state index >= 15 is 0 Å². The molecular weight excluding hydrogens is 311 g/mol. The number of nitrogens with zero attached hydrogens (tertiary/aromatic N) is 5. The van der Waals surface area contributed by atoms with Gasteiger partial charge >= 0.3 is 6.01 Å². The number of carbonyl (C=O) groups is 1. The molecule has 9 nitrogen and oxygen atoms in total. The van der Waals surface area contributed by atoms with Crippen molar-refractivity contribution < 1.29 is 14.4 Å². The van der Waals surface area contributed by atoms with Gasteiger partial charge in [-0.1, -0.05) is 23.2 Å². The molecule has 0 unspecified atom stereocenters. The highest BCUT2D eigenvalue weighted by atomic mass is 35.5. The van der Waals surface area contributed by atoms with Gasteiger partial charge in [0.25, 0.3) is 11.9 Å². The fourth-order valence-corrected chi connectivity index (χ4v) is 1.30. The van der Waals surface area contributed by atoms with Gasteiger partial charge in [-0.2, -0.15) is 25.0 Å². The molecule has 0 aliphatic carbocycles. The maximum Gasteiger partial charge on any atom is 0.321 e. The minimum Gasteiger partial charge on any atom is -0.467 e. The van der Waals surface area contributed by atoms with E-state index in [0.717, 1.165) is 0 Å². The summed E-state index contributed by atoms with van der Waals surface area (Å²) in [4.78, 5) is 30.4. The molecule has 11 heteroatoms. The number of hydrogen-bond donors (Lipinski definition) is 1. The highest BCUT2D eigenvalue weighted by molar-refractivity contribution is 6.53. The van der Waals surface area contributed by atoms with Crippen LogP contribution in [0, 0.1) is 6.92 Å². The van der Waals surface area contributed by atoms with Crippen molar-refractivity contribution in [2.24, 2.45) is 10.7 Å². The monoisotopic (exact) mass is 322 g/mol. The number of rotatable bonds is 4. The minimum atomic E-state index is -1.35. The summed E-state index contributed by atoms with van der Waals surface area (Å²) in [6, 6.07) is 0.0620. The number of halogens is 2. The lowest BCUT2D eigenvalue weighted by Crippen LogP contribution is -2.43. The molecule has 1 aromatic heterocycles. The molecule has 0 aliphatic rings. The van der Waals surface area contributed by atoms with Crippen molar-refractivity contribution in [1.82, 2.24) is 20.0 Å². The van der Waals surface area contributed by atoms with Crippen molar-refractivity contribution in [1.29, 1.82) is 0 Å². The molecule has 0 aliphatic heterocycles. The third kappa shape index (κ3) is 4.15. The Morgan fingerprint density at radius 2 is 2.00 bits per heavy atom. The second-order valence-corrected chi connectivity index (χ2v) is 4.35. The molecule has 0 fully saturated rings. The van der Waals surface area contributed by atoms with Crippen molar-refractivity contribution in [3.05, 3.63) is 5.82 Å². The van der Waals surface area contributed by atoms with Crippen LogP contribution in [0.25, 0.3) is 0 Å². The van der Waals surface area contributed by atoms with Crippen LogP contribution in [0.5, 0.6) is 6.01 Å². The van der Waals surface area contributed by atoms with Gasteiger partial charge in [-0.3, -0.25) is 9.63 Å². The molecule has 1 aromatic rings. The van der Waals surface area contributed by atoms with Gasteiger partial charge in [-0.05, 0) is 6.92 Å².